The van der Waals surface area contributed by atoms with Gasteiger partial charge in [0.25, 0.3) is 0 Å². The van der Waals surface area contributed by atoms with Crippen LogP contribution in [-0.4, -0.2) is 7.11 Å². The molecule has 0 aliphatic rings. The maximum atomic E-state index is 12.9. The first-order chi connectivity index (χ1) is 10.0. The van der Waals surface area contributed by atoms with Crippen molar-refractivity contribution in [2.45, 2.75) is 19.5 Å². The fourth-order valence-electron chi connectivity index (χ4n) is 2.11. The van der Waals surface area contributed by atoms with E-state index in [-0.39, 0.29) is 11.9 Å². The number of hydrogen-bond acceptors (Lipinski definition) is 2. The SMILES string of the molecule is COc1c(Br)cc(Br)cc1CN[C@H](C)c1ccc(F)cc1. The quantitative estimate of drug-likeness (QED) is 0.722. The molecule has 0 heterocycles. The van der Waals surface area contributed by atoms with E-state index in [2.05, 4.69) is 37.2 Å². The normalized spacial score (nSPS) is 12.2. The van der Waals surface area contributed by atoms with E-state index in [0.717, 1.165) is 25.8 Å². The highest BCUT2D eigenvalue weighted by atomic mass is 79.9. The molecule has 0 amide bonds. The Bertz CT molecular complexity index is 616. The van der Waals surface area contributed by atoms with E-state index < -0.39 is 0 Å². The number of nitrogens with one attached hydrogen (secondary N) is 1. The van der Waals surface area contributed by atoms with Gasteiger partial charge in [-0.15, -0.1) is 0 Å². The van der Waals surface area contributed by atoms with E-state index in [0.29, 0.717) is 6.54 Å². The molecule has 0 spiro atoms. The van der Waals surface area contributed by atoms with Crippen LogP contribution in [-0.2, 0) is 6.54 Å². The first kappa shape index (κ1) is 16.5. The third-order valence-corrected chi connectivity index (χ3v) is 4.31. The summed E-state index contributed by atoms with van der Waals surface area (Å²) in [5.41, 5.74) is 2.09. The molecule has 2 aromatic rings. The van der Waals surface area contributed by atoms with E-state index in [1.807, 2.05) is 19.1 Å². The molecule has 112 valence electrons. The van der Waals surface area contributed by atoms with Crippen LogP contribution in [0.1, 0.15) is 24.1 Å². The maximum Gasteiger partial charge on any atom is 0.137 e. The van der Waals surface area contributed by atoms with Gasteiger partial charge in [0.1, 0.15) is 11.6 Å². The summed E-state index contributed by atoms with van der Waals surface area (Å²) in [4.78, 5) is 0. The third kappa shape index (κ3) is 4.28. The average molecular weight is 417 g/mol. The van der Waals surface area contributed by atoms with Crippen LogP contribution < -0.4 is 10.1 Å². The molecule has 0 saturated carbocycles. The van der Waals surface area contributed by atoms with E-state index in [4.69, 9.17) is 4.74 Å². The molecule has 0 radical (unpaired) electrons. The molecule has 1 N–H and O–H groups in total. The van der Waals surface area contributed by atoms with E-state index in [1.54, 1.807) is 19.2 Å². The second-order valence-corrected chi connectivity index (χ2v) is 6.50. The summed E-state index contributed by atoms with van der Waals surface area (Å²) in [5.74, 6) is 0.598. The van der Waals surface area contributed by atoms with Crippen molar-refractivity contribution in [2.24, 2.45) is 0 Å². The van der Waals surface area contributed by atoms with Crippen molar-refractivity contribution in [1.82, 2.24) is 5.32 Å². The van der Waals surface area contributed by atoms with Crippen LogP contribution in [0.15, 0.2) is 45.3 Å². The van der Waals surface area contributed by atoms with Crippen molar-refractivity contribution < 1.29 is 9.13 Å². The second-order valence-electron chi connectivity index (χ2n) is 4.73. The monoisotopic (exact) mass is 415 g/mol. The number of benzene rings is 2. The van der Waals surface area contributed by atoms with Gasteiger partial charge in [-0.05, 0) is 52.7 Å². The Balaban J connectivity index is 2.10. The molecule has 5 heteroatoms. The summed E-state index contributed by atoms with van der Waals surface area (Å²) in [6.45, 7) is 2.70. The molecule has 0 saturated heterocycles. The van der Waals surface area contributed by atoms with Gasteiger partial charge in [-0.3, -0.25) is 0 Å². The predicted octanol–water partition coefficient (Wildman–Crippen LogP) is 5.21. The Hall–Kier alpha value is -0.910. The first-order valence-corrected chi connectivity index (χ1v) is 8.10. The minimum Gasteiger partial charge on any atom is -0.495 e. The predicted molar refractivity (Wildman–Crippen MR) is 90.0 cm³/mol. The summed E-state index contributed by atoms with van der Waals surface area (Å²) >= 11 is 6.97. The zero-order valence-electron chi connectivity index (χ0n) is 11.8. The van der Waals surface area contributed by atoms with Crippen molar-refractivity contribution in [2.75, 3.05) is 7.11 Å². The number of halogens is 3. The molecule has 0 fully saturated rings. The molecule has 21 heavy (non-hydrogen) atoms. The minimum atomic E-state index is -0.219. The molecule has 2 rings (SSSR count). The average Bonchev–Trinajstić information content (AvgIpc) is 2.45. The molecule has 2 aromatic carbocycles. The third-order valence-electron chi connectivity index (χ3n) is 3.26. The van der Waals surface area contributed by atoms with Gasteiger partial charge >= 0.3 is 0 Å². The van der Waals surface area contributed by atoms with Gasteiger partial charge < -0.3 is 10.1 Å². The zero-order valence-corrected chi connectivity index (χ0v) is 15.0. The number of ether oxygens (including phenoxy) is 1. The smallest absolute Gasteiger partial charge is 0.137 e. The summed E-state index contributed by atoms with van der Waals surface area (Å²) in [6.07, 6.45) is 0. The van der Waals surface area contributed by atoms with Crippen molar-refractivity contribution >= 4 is 31.9 Å². The molecular formula is C16H16Br2FNO. The molecule has 0 aliphatic heterocycles. The topological polar surface area (TPSA) is 21.3 Å². The van der Waals surface area contributed by atoms with Crippen molar-refractivity contribution in [1.29, 1.82) is 0 Å². The lowest BCUT2D eigenvalue weighted by atomic mass is 10.1. The Kier molecular flexibility index (Phi) is 5.79. The molecule has 0 aliphatic carbocycles. The summed E-state index contributed by atoms with van der Waals surface area (Å²) < 4.78 is 20.3. The van der Waals surface area contributed by atoms with Gasteiger partial charge in [-0.1, -0.05) is 28.1 Å². The number of hydrogen-bond donors (Lipinski definition) is 1. The van der Waals surface area contributed by atoms with Gasteiger partial charge in [0.2, 0.25) is 0 Å². The van der Waals surface area contributed by atoms with Crippen molar-refractivity contribution in [3.05, 3.63) is 62.3 Å². The molecule has 1 atom stereocenters. The van der Waals surface area contributed by atoms with Crippen molar-refractivity contribution in [3.63, 3.8) is 0 Å². The van der Waals surface area contributed by atoms with Gasteiger partial charge in [0, 0.05) is 22.6 Å². The van der Waals surface area contributed by atoms with Crippen LogP contribution >= 0.6 is 31.9 Å². The lowest BCUT2D eigenvalue weighted by Gasteiger charge is -2.17. The van der Waals surface area contributed by atoms with E-state index in [1.165, 1.54) is 12.1 Å². The van der Waals surface area contributed by atoms with Gasteiger partial charge in [-0.2, -0.15) is 0 Å². The van der Waals surface area contributed by atoms with Crippen LogP contribution in [0.2, 0.25) is 0 Å². The van der Waals surface area contributed by atoms with Gasteiger partial charge in [-0.25, -0.2) is 4.39 Å². The first-order valence-electron chi connectivity index (χ1n) is 6.52. The Morgan fingerprint density at radius 2 is 1.86 bits per heavy atom. The Morgan fingerprint density at radius 1 is 1.19 bits per heavy atom. The lowest BCUT2D eigenvalue weighted by molar-refractivity contribution is 0.403. The lowest BCUT2D eigenvalue weighted by Crippen LogP contribution is -2.18. The highest BCUT2D eigenvalue weighted by Gasteiger charge is 2.11. The molecule has 0 aromatic heterocycles. The van der Waals surface area contributed by atoms with Gasteiger partial charge in [0.05, 0.1) is 11.6 Å². The number of methoxy groups -OCH3 is 1. The fraction of sp³-hybridized carbons (Fsp3) is 0.250. The van der Waals surface area contributed by atoms with Crippen molar-refractivity contribution in [3.8, 4) is 5.75 Å². The Morgan fingerprint density at radius 3 is 2.48 bits per heavy atom. The van der Waals surface area contributed by atoms with Crippen LogP contribution in [0.25, 0.3) is 0 Å². The molecule has 2 nitrogen and oxygen atoms in total. The minimum absolute atomic E-state index is 0.119. The molecular weight excluding hydrogens is 401 g/mol. The summed E-state index contributed by atoms with van der Waals surface area (Å²) in [6, 6.07) is 10.6. The van der Waals surface area contributed by atoms with Gasteiger partial charge in [0.15, 0.2) is 0 Å². The van der Waals surface area contributed by atoms with E-state index in [9.17, 15) is 4.39 Å². The maximum absolute atomic E-state index is 12.9. The van der Waals surface area contributed by atoms with Crippen LogP contribution in [0.4, 0.5) is 4.39 Å². The highest BCUT2D eigenvalue weighted by molar-refractivity contribution is 9.11. The standard InChI is InChI=1S/C16H16Br2FNO/c1-10(11-3-5-14(19)6-4-11)20-9-12-7-13(17)8-15(18)16(12)21-2/h3-8,10,20H,9H2,1-2H3/t10-/m1/s1. The summed E-state index contributed by atoms with van der Waals surface area (Å²) in [7, 11) is 1.65. The highest BCUT2D eigenvalue weighted by Crippen LogP contribution is 2.32. The van der Waals surface area contributed by atoms with E-state index >= 15 is 0 Å². The molecule has 0 bridgehead atoms. The summed E-state index contributed by atoms with van der Waals surface area (Å²) in [5, 5.41) is 3.42. The Labute approximate surface area is 141 Å². The second kappa shape index (κ2) is 7.38. The zero-order chi connectivity index (χ0) is 15.4. The fourth-order valence-corrected chi connectivity index (χ4v) is 3.58. The van der Waals surface area contributed by atoms with Crippen LogP contribution in [0.5, 0.6) is 5.75 Å². The van der Waals surface area contributed by atoms with Crippen LogP contribution in [0, 0.1) is 5.82 Å². The van der Waals surface area contributed by atoms with Crippen LogP contribution in [0.3, 0.4) is 0 Å². The number of rotatable bonds is 5. The largest absolute Gasteiger partial charge is 0.495 e. The molecule has 0 unspecified atom stereocenters.